The van der Waals surface area contributed by atoms with Crippen LogP contribution in [0, 0.1) is 0 Å². The highest BCUT2D eigenvalue weighted by molar-refractivity contribution is 6.12. The molecule has 1 aromatic heterocycles. The molecule has 1 saturated carbocycles. The molecule has 0 saturated heterocycles. The third-order valence-electron chi connectivity index (χ3n) is 5.48. The number of aromatic nitrogens is 1. The van der Waals surface area contributed by atoms with Crippen molar-refractivity contribution in [2.24, 2.45) is 0 Å². The van der Waals surface area contributed by atoms with Crippen molar-refractivity contribution in [3.63, 3.8) is 0 Å². The first kappa shape index (κ1) is 23.9. The number of anilines is 2. The second-order valence-corrected chi connectivity index (χ2v) is 8.13. The molecule has 1 aliphatic carbocycles. The van der Waals surface area contributed by atoms with E-state index in [-0.39, 0.29) is 11.3 Å². The maximum absolute atomic E-state index is 13.1. The van der Waals surface area contributed by atoms with E-state index in [0.29, 0.717) is 18.1 Å². The number of alkyl halides is 3. The molecule has 7 nitrogen and oxygen atoms in total. The Morgan fingerprint density at radius 1 is 0.971 bits per heavy atom. The van der Waals surface area contributed by atoms with Crippen LogP contribution >= 0.6 is 0 Å². The molecule has 0 aliphatic heterocycles. The van der Waals surface area contributed by atoms with Crippen LogP contribution in [0.2, 0.25) is 0 Å². The lowest BCUT2D eigenvalue weighted by Crippen LogP contribution is -2.19. The summed E-state index contributed by atoms with van der Waals surface area (Å²) in [5.41, 5.74) is 1.16. The lowest BCUT2D eigenvalue weighted by atomic mass is 9.97. The van der Waals surface area contributed by atoms with Crippen molar-refractivity contribution in [3.8, 4) is 11.1 Å². The van der Waals surface area contributed by atoms with E-state index in [9.17, 15) is 27.6 Å². The maximum Gasteiger partial charge on any atom is 0.416 e. The van der Waals surface area contributed by atoms with Gasteiger partial charge in [-0.15, -0.1) is 0 Å². The molecule has 0 bridgehead atoms. The number of nitrogens with one attached hydrogen (secondary N) is 2. The van der Waals surface area contributed by atoms with Crippen LogP contribution in [-0.4, -0.2) is 27.9 Å². The fraction of sp³-hybridized carbons (Fsp3) is 0.200. The van der Waals surface area contributed by atoms with Crippen molar-refractivity contribution in [2.45, 2.75) is 31.4 Å². The molecule has 1 aliphatic rings. The van der Waals surface area contributed by atoms with Gasteiger partial charge in [-0.3, -0.25) is 19.9 Å². The molecular formula is C25H20F3N3O4. The van der Waals surface area contributed by atoms with Crippen molar-refractivity contribution < 1.29 is 32.7 Å². The second-order valence-electron chi connectivity index (χ2n) is 8.13. The van der Waals surface area contributed by atoms with Crippen LogP contribution in [0.5, 0.6) is 0 Å². The minimum atomic E-state index is -4.71. The van der Waals surface area contributed by atoms with Gasteiger partial charge in [0, 0.05) is 23.2 Å². The van der Waals surface area contributed by atoms with Gasteiger partial charge in [0.05, 0.1) is 29.1 Å². The molecule has 2 aromatic carbocycles. The summed E-state index contributed by atoms with van der Waals surface area (Å²) in [6.45, 7) is 0. The van der Waals surface area contributed by atoms with Gasteiger partial charge in [0.1, 0.15) is 0 Å². The largest absolute Gasteiger partial charge is 0.465 e. The summed E-state index contributed by atoms with van der Waals surface area (Å²) in [5.74, 6) is -1.04. The topological polar surface area (TPSA) is 108 Å². The first-order chi connectivity index (χ1) is 16.6. The quantitative estimate of drug-likeness (QED) is 0.284. The van der Waals surface area contributed by atoms with Gasteiger partial charge >= 0.3 is 12.3 Å². The van der Waals surface area contributed by atoms with Crippen LogP contribution in [0.15, 0.2) is 60.8 Å². The zero-order valence-corrected chi connectivity index (χ0v) is 18.2. The standard InChI is InChI=1S/C25H20F3N3O4/c26-25(27,28)17-8-9-19(31-24(34)35)20(12-17)30-22(33)13-21(32)16-4-1-3-15(11-16)18-5-2-10-29-23(18)14-6-7-14/h1-5,8-12,14,31H,6-7,13H2,(H,30,33)(H,34,35). The number of halogens is 3. The Kier molecular flexibility index (Phi) is 6.54. The van der Waals surface area contributed by atoms with E-state index in [1.165, 1.54) is 0 Å². The molecule has 4 rings (SSSR count). The molecule has 0 spiro atoms. The molecule has 35 heavy (non-hydrogen) atoms. The second kappa shape index (κ2) is 9.57. The predicted octanol–water partition coefficient (Wildman–Crippen LogP) is 5.95. The molecule has 10 heteroatoms. The summed E-state index contributed by atoms with van der Waals surface area (Å²) >= 11 is 0. The summed E-state index contributed by atoms with van der Waals surface area (Å²) in [5, 5.41) is 13.1. The van der Waals surface area contributed by atoms with Crippen LogP contribution < -0.4 is 10.6 Å². The third-order valence-corrected chi connectivity index (χ3v) is 5.48. The smallest absolute Gasteiger partial charge is 0.416 e. The SMILES string of the molecule is O=C(O)Nc1ccc(C(F)(F)F)cc1NC(=O)CC(=O)c1cccc(-c2cccnc2C2CC2)c1. The summed E-state index contributed by atoms with van der Waals surface area (Å²) in [7, 11) is 0. The van der Waals surface area contributed by atoms with Crippen molar-refractivity contribution >= 4 is 29.2 Å². The van der Waals surface area contributed by atoms with Gasteiger partial charge in [0.25, 0.3) is 0 Å². The molecule has 3 aromatic rings. The van der Waals surface area contributed by atoms with Gasteiger partial charge in [0.2, 0.25) is 5.91 Å². The number of ketones is 1. The maximum atomic E-state index is 13.1. The van der Waals surface area contributed by atoms with Crippen LogP contribution in [0.3, 0.4) is 0 Å². The first-order valence-corrected chi connectivity index (χ1v) is 10.7. The highest BCUT2D eigenvalue weighted by atomic mass is 19.4. The van der Waals surface area contributed by atoms with E-state index in [1.54, 1.807) is 30.5 Å². The highest BCUT2D eigenvalue weighted by Gasteiger charge is 2.31. The zero-order chi connectivity index (χ0) is 25.2. The summed E-state index contributed by atoms with van der Waals surface area (Å²) in [6, 6.07) is 12.6. The molecule has 1 heterocycles. The van der Waals surface area contributed by atoms with Gasteiger partial charge in [-0.1, -0.05) is 24.3 Å². The van der Waals surface area contributed by atoms with Gasteiger partial charge in [-0.05, 0) is 48.7 Å². The molecule has 0 radical (unpaired) electrons. The van der Waals surface area contributed by atoms with Crippen molar-refractivity contribution in [1.29, 1.82) is 0 Å². The van der Waals surface area contributed by atoms with Crippen molar-refractivity contribution in [2.75, 3.05) is 10.6 Å². The Morgan fingerprint density at radius 3 is 2.43 bits per heavy atom. The predicted molar refractivity (Wildman–Crippen MR) is 122 cm³/mol. The molecule has 180 valence electrons. The normalized spacial score (nSPS) is 13.2. The number of amides is 2. The number of carboxylic acid groups (broad SMARTS) is 1. The number of rotatable bonds is 7. The first-order valence-electron chi connectivity index (χ1n) is 10.7. The molecule has 0 unspecified atom stereocenters. The minimum absolute atomic E-state index is 0.252. The van der Waals surface area contributed by atoms with Crippen molar-refractivity contribution in [3.05, 3.63) is 77.6 Å². The van der Waals surface area contributed by atoms with Gasteiger partial charge in [-0.25, -0.2) is 4.79 Å². The zero-order valence-electron chi connectivity index (χ0n) is 18.2. The average molecular weight is 483 g/mol. The Hall–Kier alpha value is -4.21. The summed E-state index contributed by atoms with van der Waals surface area (Å²) < 4.78 is 39.2. The van der Waals surface area contributed by atoms with E-state index in [0.717, 1.165) is 35.7 Å². The summed E-state index contributed by atoms with van der Waals surface area (Å²) in [6.07, 6.45) is -3.04. The number of carbonyl (C=O) groups excluding carboxylic acids is 2. The molecular weight excluding hydrogens is 463 g/mol. The van der Waals surface area contributed by atoms with E-state index < -0.39 is 41.6 Å². The highest BCUT2D eigenvalue weighted by Crippen LogP contribution is 2.43. The molecule has 3 N–H and O–H groups in total. The van der Waals surface area contributed by atoms with Crippen LogP contribution in [-0.2, 0) is 11.0 Å². The Bertz CT molecular complexity index is 1300. The van der Waals surface area contributed by atoms with E-state index in [1.807, 2.05) is 17.4 Å². The van der Waals surface area contributed by atoms with Gasteiger partial charge in [0.15, 0.2) is 5.78 Å². The average Bonchev–Trinajstić information content (AvgIpc) is 3.65. The van der Waals surface area contributed by atoms with E-state index in [2.05, 4.69) is 10.3 Å². The van der Waals surface area contributed by atoms with Crippen LogP contribution in [0.1, 0.15) is 46.8 Å². The molecule has 0 atom stereocenters. The lowest BCUT2D eigenvalue weighted by Gasteiger charge is -2.14. The van der Waals surface area contributed by atoms with Gasteiger partial charge in [-0.2, -0.15) is 13.2 Å². The monoisotopic (exact) mass is 483 g/mol. The van der Waals surface area contributed by atoms with Crippen LogP contribution in [0.4, 0.5) is 29.3 Å². The van der Waals surface area contributed by atoms with E-state index in [4.69, 9.17) is 5.11 Å². The fourth-order valence-electron chi connectivity index (χ4n) is 3.69. The van der Waals surface area contributed by atoms with Crippen LogP contribution in [0.25, 0.3) is 11.1 Å². The number of carbonyl (C=O) groups is 3. The number of benzene rings is 2. The number of hydrogen-bond acceptors (Lipinski definition) is 4. The van der Waals surface area contributed by atoms with E-state index >= 15 is 0 Å². The number of hydrogen-bond donors (Lipinski definition) is 3. The molecule has 1 fully saturated rings. The fourth-order valence-corrected chi connectivity index (χ4v) is 3.69. The minimum Gasteiger partial charge on any atom is -0.465 e. The lowest BCUT2D eigenvalue weighted by molar-refractivity contribution is -0.137. The third kappa shape index (κ3) is 5.84. The Morgan fingerprint density at radius 2 is 1.74 bits per heavy atom. The van der Waals surface area contributed by atoms with Crippen molar-refractivity contribution in [1.82, 2.24) is 4.98 Å². The van der Waals surface area contributed by atoms with Gasteiger partial charge < -0.3 is 10.4 Å². The Labute approximate surface area is 198 Å². The Balaban J connectivity index is 1.52. The number of Topliss-reactive ketones (excluding diaryl/α,β-unsaturated/α-hetero) is 1. The molecule has 2 amide bonds. The number of nitrogens with zero attached hydrogens (tertiary/aromatic N) is 1. The summed E-state index contributed by atoms with van der Waals surface area (Å²) in [4.78, 5) is 40.7. The number of pyridine rings is 1.